The summed E-state index contributed by atoms with van der Waals surface area (Å²) in [5, 5.41) is 5.98. The summed E-state index contributed by atoms with van der Waals surface area (Å²) in [4.78, 5) is 43.3. The van der Waals surface area contributed by atoms with Crippen molar-refractivity contribution in [2.45, 2.75) is 113 Å². The minimum Gasteiger partial charge on any atom is -0.444 e. The van der Waals surface area contributed by atoms with Crippen LogP contribution in [-0.2, 0) is 14.3 Å². The molecule has 0 heterocycles. The lowest BCUT2D eigenvalue weighted by Crippen LogP contribution is -2.54. The van der Waals surface area contributed by atoms with Crippen molar-refractivity contribution < 1.29 is 19.1 Å². The third-order valence-corrected chi connectivity index (χ3v) is 7.25. The van der Waals surface area contributed by atoms with Crippen LogP contribution < -0.4 is 10.6 Å². The smallest absolute Gasteiger partial charge is 0.408 e. The molecule has 41 heavy (non-hydrogen) atoms. The molecule has 0 aliphatic carbocycles. The van der Waals surface area contributed by atoms with Crippen LogP contribution >= 0.6 is 0 Å². The van der Waals surface area contributed by atoms with Crippen LogP contribution in [0.4, 0.5) is 10.5 Å². The molecule has 3 amide bonds. The minimum atomic E-state index is -0.883. The molecule has 0 aliphatic heterocycles. The van der Waals surface area contributed by atoms with Crippen molar-refractivity contribution in [1.29, 1.82) is 0 Å². The Morgan fingerprint density at radius 2 is 1.39 bits per heavy atom. The highest BCUT2D eigenvalue weighted by Gasteiger charge is 2.38. The lowest BCUT2D eigenvalue weighted by atomic mass is 9.92. The van der Waals surface area contributed by atoms with E-state index < -0.39 is 23.8 Å². The summed E-state index contributed by atoms with van der Waals surface area (Å²) in [5.41, 5.74) is 4.61. The highest BCUT2D eigenvalue weighted by atomic mass is 16.6. The predicted molar refractivity (Wildman–Crippen MR) is 167 cm³/mol. The first-order chi connectivity index (χ1) is 19.2. The minimum absolute atomic E-state index is 0.228. The molecule has 0 aliphatic rings. The highest BCUT2D eigenvalue weighted by molar-refractivity contribution is 6.00. The predicted octanol–water partition coefficient (Wildman–Crippen LogP) is 7.56. The highest BCUT2D eigenvalue weighted by Crippen LogP contribution is 2.32. The topological polar surface area (TPSA) is 87.7 Å². The molecule has 0 bridgehead atoms. The number of hydrogen-bond donors (Lipinski definition) is 2. The van der Waals surface area contributed by atoms with Gasteiger partial charge in [-0.3, -0.25) is 9.59 Å². The van der Waals surface area contributed by atoms with Crippen molar-refractivity contribution in [3.05, 3.63) is 64.2 Å². The number of nitrogens with zero attached hydrogens (tertiary/aromatic N) is 1. The number of amides is 3. The number of benzene rings is 2. The molecule has 0 aromatic heterocycles. The molecule has 0 spiro atoms. The van der Waals surface area contributed by atoms with Crippen LogP contribution in [-0.4, -0.2) is 41.0 Å². The number of unbranched alkanes of at least 4 members (excludes halogenated alkanes) is 3. The van der Waals surface area contributed by atoms with Crippen LogP contribution in [0.25, 0.3) is 0 Å². The fourth-order valence-corrected chi connectivity index (χ4v) is 5.09. The van der Waals surface area contributed by atoms with E-state index in [4.69, 9.17) is 4.74 Å². The Morgan fingerprint density at radius 3 is 1.88 bits per heavy atom. The fraction of sp³-hybridized carbons (Fsp3) is 0.559. The molecule has 2 N–H and O–H groups in total. The number of nitrogens with one attached hydrogen (secondary N) is 2. The van der Waals surface area contributed by atoms with Gasteiger partial charge in [-0.05, 0) is 88.6 Å². The zero-order valence-corrected chi connectivity index (χ0v) is 26.8. The van der Waals surface area contributed by atoms with Gasteiger partial charge in [0.15, 0.2) is 0 Å². The lowest BCUT2D eigenvalue weighted by Gasteiger charge is -2.37. The molecule has 2 atom stereocenters. The second kappa shape index (κ2) is 15.0. The van der Waals surface area contributed by atoms with E-state index in [1.54, 1.807) is 25.7 Å². The summed E-state index contributed by atoms with van der Waals surface area (Å²) in [7, 11) is 0. The van der Waals surface area contributed by atoms with E-state index in [0.29, 0.717) is 6.54 Å². The Morgan fingerprint density at radius 1 is 0.854 bits per heavy atom. The number of carbonyl (C=O) groups excluding carboxylic acids is 3. The molecule has 226 valence electrons. The Labute approximate surface area is 247 Å². The van der Waals surface area contributed by atoms with E-state index in [0.717, 1.165) is 59.2 Å². The zero-order chi connectivity index (χ0) is 30.9. The van der Waals surface area contributed by atoms with Crippen LogP contribution in [0.5, 0.6) is 0 Å². The molecule has 0 saturated heterocycles. The molecule has 2 unspecified atom stereocenters. The number of alkyl carbamates (subject to hydrolysis) is 1. The van der Waals surface area contributed by atoms with E-state index in [1.807, 2.05) is 77.9 Å². The van der Waals surface area contributed by atoms with E-state index >= 15 is 0 Å². The second-order valence-corrected chi connectivity index (χ2v) is 12.4. The number of para-hydroxylation sites is 1. The number of hydrogen-bond acceptors (Lipinski definition) is 4. The Balaban J connectivity index is 2.64. The summed E-state index contributed by atoms with van der Waals surface area (Å²) in [6.07, 6.45) is 3.11. The summed E-state index contributed by atoms with van der Waals surface area (Å²) < 4.78 is 5.50. The van der Waals surface area contributed by atoms with Crippen LogP contribution in [0, 0.1) is 33.6 Å². The molecule has 0 fully saturated rings. The molecule has 7 heteroatoms. The maximum absolute atomic E-state index is 14.5. The third-order valence-electron chi connectivity index (χ3n) is 7.25. The normalized spacial score (nSPS) is 13.0. The molecular weight excluding hydrogens is 514 g/mol. The van der Waals surface area contributed by atoms with Crippen LogP contribution in [0.3, 0.4) is 0 Å². The second-order valence-electron chi connectivity index (χ2n) is 12.4. The zero-order valence-electron chi connectivity index (χ0n) is 26.8. The van der Waals surface area contributed by atoms with Crippen LogP contribution in [0.15, 0.2) is 36.4 Å². The fourth-order valence-electron chi connectivity index (χ4n) is 5.09. The Kier molecular flexibility index (Phi) is 12.4. The summed E-state index contributed by atoms with van der Waals surface area (Å²) in [6, 6.07) is 10.0. The average molecular weight is 566 g/mol. The number of anilines is 1. The molecule has 2 rings (SSSR count). The van der Waals surface area contributed by atoms with Gasteiger partial charge in [0.05, 0.1) is 0 Å². The average Bonchev–Trinajstić information content (AvgIpc) is 2.86. The van der Waals surface area contributed by atoms with Crippen molar-refractivity contribution in [1.82, 2.24) is 10.2 Å². The van der Waals surface area contributed by atoms with Crippen molar-refractivity contribution in [2.24, 2.45) is 5.92 Å². The third kappa shape index (κ3) is 9.61. The molecule has 0 radical (unpaired) electrons. The SMILES string of the molecule is CCCCCCN(C(=O)C(NC(=O)OC(C)(C)C)C(C)C)C(C(=O)Nc1c(C)cccc1C)c1c(C)cccc1C. The van der Waals surface area contributed by atoms with Crippen LogP contribution in [0.1, 0.15) is 101 Å². The van der Waals surface area contributed by atoms with Gasteiger partial charge < -0.3 is 20.3 Å². The van der Waals surface area contributed by atoms with Gasteiger partial charge in [-0.2, -0.15) is 0 Å². The number of carbonyl (C=O) groups is 3. The maximum Gasteiger partial charge on any atom is 0.408 e. The quantitative estimate of drug-likeness (QED) is 0.260. The molecule has 2 aromatic carbocycles. The van der Waals surface area contributed by atoms with Gasteiger partial charge in [-0.25, -0.2) is 4.79 Å². The summed E-state index contributed by atoms with van der Waals surface area (Å²) in [6.45, 7) is 19.5. The first kappa shape index (κ1) is 33.9. The van der Waals surface area contributed by atoms with Crippen molar-refractivity contribution >= 4 is 23.6 Å². The van der Waals surface area contributed by atoms with Crippen LogP contribution in [0.2, 0.25) is 0 Å². The van der Waals surface area contributed by atoms with E-state index in [2.05, 4.69) is 17.6 Å². The molecular formula is C34H51N3O4. The monoisotopic (exact) mass is 565 g/mol. The van der Waals surface area contributed by atoms with Gasteiger partial charge >= 0.3 is 6.09 Å². The number of aryl methyl sites for hydroxylation is 4. The molecule has 2 aromatic rings. The van der Waals surface area contributed by atoms with Gasteiger partial charge in [-0.15, -0.1) is 0 Å². The first-order valence-corrected chi connectivity index (χ1v) is 14.9. The van der Waals surface area contributed by atoms with Gasteiger partial charge in [0, 0.05) is 12.2 Å². The first-order valence-electron chi connectivity index (χ1n) is 14.9. The number of ether oxygens (including phenoxy) is 1. The van der Waals surface area contributed by atoms with E-state index in [1.165, 1.54) is 0 Å². The molecule has 7 nitrogen and oxygen atoms in total. The summed E-state index contributed by atoms with van der Waals surface area (Å²) in [5.74, 6) is -0.802. The van der Waals surface area contributed by atoms with Gasteiger partial charge in [0.2, 0.25) is 5.91 Å². The van der Waals surface area contributed by atoms with E-state index in [-0.39, 0.29) is 17.7 Å². The standard InChI is InChI=1S/C34H51N3O4/c1-11-12-13-14-21-37(32(39)28(22(2)3)36-33(40)41-34(8,9)10)30(27-23(4)17-15-18-24(27)5)31(38)35-29-25(6)19-16-20-26(29)7/h15-20,22,28,30H,11-14,21H2,1-10H3,(H,35,38)(H,36,40). The lowest BCUT2D eigenvalue weighted by molar-refractivity contribution is -0.141. The Hall–Kier alpha value is -3.35. The Bertz CT molecular complexity index is 1160. The molecule has 0 saturated carbocycles. The van der Waals surface area contributed by atoms with Crippen molar-refractivity contribution in [3.8, 4) is 0 Å². The van der Waals surface area contributed by atoms with Gasteiger partial charge in [0.1, 0.15) is 17.7 Å². The largest absolute Gasteiger partial charge is 0.444 e. The van der Waals surface area contributed by atoms with Crippen molar-refractivity contribution in [3.63, 3.8) is 0 Å². The number of rotatable bonds is 12. The maximum atomic E-state index is 14.5. The van der Waals surface area contributed by atoms with Gasteiger partial charge in [-0.1, -0.05) is 76.4 Å². The van der Waals surface area contributed by atoms with E-state index in [9.17, 15) is 14.4 Å². The van der Waals surface area contributed by atoms with Crippen molar-refractivity contribution in [2.75, 3.05) is 11.9 Å². The van der Waals surface area contributed by atoms with Gasteiger partial charge in [0.25, 0.3) is 5.91 Å². The summed E-state index contributed by atoms with van der Waals surface area (Å²) >= 11 is 0.